The third-order valence-corrected chi connectivity index (χ3v) is 6.39. The minimum Gasteiger partial charge on any atom is -0.370 e. The van der Waals surface area contributed by atoms with Gasteiger partial charge in [0, 0.05) is 10.8 Å². The van der Waals surface area contributed by atoms with Gasteiger partial charge in [-0.15, -0.1) is 23.2 Å². The minimum absolute atomic E-state index is 0.148. The maximum absolute atomic E-state index is 6.52. The first kappa shape index (κ1) is 8.43. The van der Waals surface area contributed by atoms with Crippen molar-refractivity contribution in [3.63, 3.8) is 0 Å². The lowest BCUT2D eigenvalue weighted by molar-refractivity contribution is 0.258. The van der Waals surface area contributed by atoms with E-state index in [-0.39, 0.29) is 10.8 Å². The quantitative estimate of drug-likeness (QED) is 0.354. The second-order valence-electron chi connectivity index (χ2n) is 5.24. The number of hydrogen-bond donors (Lipinski definition) is 0. The highest BCUT2D eigenvalue weighted by Crippen LogP contribution is 2.88. The van der Waals surface area contributed by atoms with E-state index in [9.17, 15) is 0 Å². The van der Waals surface area contributed by atoms with Crippen LogP contribution in [-0.2, 0) is 4.74 Å². The second-order valence-corrected chi connectivity index (χ2v) is 6.57. The molecule has 3 fully saturated rings. The van der Waals surface area contributed by atoms with E-state index in [1.54, 1.807) is 0 Å². The van der Waals surface area contributed by atoms with Gasteiger partial charge in [-0.2, -0.15) is 0 Å². The Kier molecular flexibility index (Phi) is 1.23. The average Bonchev–Trinajstić information content (AvgIpc) is 2.98. The van der Waals surface area contributed by atoms with Gasteiger partial charge < -0.3 is 4.74 Å². The van der Waals surface area contributed by atoms with Crippen LogP contribution < -0.4 is 0 Å². The van der Waals surface area contributed by atoms with Crippen LogP contribution in [0.3, 0.4) is 0 Å². The molecule has 0 spiro atoms. The Morgan fingerprint density at radius 1 is 1.00 bits per heavy atom. The highest BCUT2D eigenvalue weighted by molar-refractivity contribution is 6.52. The Balaban J connectivity index is 1.84. The second kappa shape index (κ2) is 2.05. The van der Waals surface area contributed by atoms with Gasteiger partial charge in [-0.3, -0.25) is 0 Å². The summed E-state index contributed by atoms with van der Waals surface area (Å²) in [5.41, 5.74) is 0.297. The first-order chi connectivity index (χ1) is 6.63. The maximum Gasteiger partial charge on any atom is 0.131 e. The number of ether oxygens (including phenoxy) is 1. The van der Waals surface area contributed by atoms with E-state index >= 15 is 0 Å². The molecule has 1 saturated heterocycles. The van der Waals surface area contributed by atoms with Gasteiger partial charge in [0.1, 0.15) is 4.33 Å². The summed E-state index contributed by atoms with van der Waals surface area (Å²) in [5, 5.41) is 0. The SMILES string of the molecule is ClC1(Cl)[C@]23CC=CC[C@@]12C[C@H]1O[C@@H]1C3. The zero-order chi connectivity index (χ0) is 9.60. The van der Waals surface area contributed by atoms with E-state index in [2.05, 4.69) is 12.2 Å². The molecule has 0 bridgehead atoms. The molecule has 76 valence electrons. The van der Waals surface area contributed by atoms with Crippen LogP contribution in [0.15, 0.2) is 12.2 Å². The van der Waals surface area contributed by atoms with Crippen LogP contribution in [0.2, 0.25) is 0 Å². The van der Waals surface area contributed by atoms with Crippen LogP contribution in [0, 0.1) is 10.8 Å². The highest BCUT2D eigenvalue weighted by Gasteiger charge is 2.88. The molecule has 0 amide bonds. The number of epoxide rings is 1. The van der Waals surface area contributed by atoms with Crippen LogP contribution in [-0.4, -0.2) is 16.5 Å². The van der Waals surface area contributed by atoms with Crippen molar-refractivity contribution in [2.45, 2.75) is 42.2 Å². The third kappa shape index (κ3) is 0.618. The van der Waals surface area contributed by atoms with Crippen LogP contribution in [0.1, 0.15) is 25.7 Å². The van der Waals surface area contributed by atoms with Crippen molar-refractivity contribution in [3.05, 3.63) is 12.2 Å². The molecule has 0 unspecified atom stereocenters. The summed E-state index contributed by atoms with van der Waals surface area (Å²) < 4.78 is 5.12. The Hall–Kier alpha value is 0.280. The number of allylic oxidation sites excluding steroid dienone is 2. The monoisotopic (exact) mass is 230 g/mol. The average molecular weight is 231 g/mol. The molecule has 3 aliphatic carbocycles. The van der Waals surface area contributed by atoms with Crippen molar-refractivity contribution in [3.8, 4) is 0 Å². The van der Waals surface area contributed by atoms with Gasteiger partial charge in [-0.25, -0.2) is 0 Å². The number of fused-ring (bicyclic) bond motifs is 1. The number of alkyl halides is 2. The summed E-state index contributed by atoms with van der Waals surface area (Å²) in [6.07, 6.45) is 9.67. The molecule has 4 atom stereocenters. The summed E-state index contributed by atoms with van der Waals surface area (Å²) in [6.45, 7) is 0. The van der Waals surface area contributed by atoms with E-state index < -0.39 is 4.33 Å². The van der Waals surface area contributed by atoms with Gasteiger partial charge in [0.05, 0.1) is 12.2 Å². The van der Waals surface area contributed by atoms with Gasteiger partial charge >= 0.3 is 0 Å². The van der Waals surface area contributed by atoms with Gasteiger partial charge in [0.2, 0.25) is 0 Å². The van der Waals surface area contributed by atoms with Gasteiger partial charge in [-0.1, -0.05) is 12.2 Å². The number of halogens is 2. The predicted molar refractivity (Wildman–Crippen MR) is 55.6 cm³/mol. The summed E-state index contributed by atoms with van der Waals surface area (Å²) in [5.74, 6) is 0. The topological polar surface area (TPSA) is 12.5 Å². The fourth-order valence-electron chi connectivity index (χ4n) is 4.00. The van der Waals surface area contributed by atoms with Crippen molar-refractivity contribution in [2.75, 3.05) is 0 Å². The summed E-state index contributed by atoms with van der Waals surface area (Å²) in [6, 6.07) is 0. The molecule has 4 rings (SSSR count). The maximum atomic E-state index is 6.52. The highest BCUT2D eigenvalue weighted by atomic mass is 35.5. The van der Waals surface area contributed by atoms with E-state index in [0.29, 0.717) is 12.2 Å². The standard InChI is InChI=1S/C11H12Cl2O/c12-11(13)9-3-1-2-4-10(9,11)6-8-7(5-9)14-8/h1-2,7-8H,3-6H2/t7-,8-,9+,10+/m1/s1. The Morgan fingerprint density at radius 2 is 1.50 bits per heavy atom. The van der Waals surface area contributed by atoms with E-state index in [1.165, 1.54) is 0 Å². The zero-order valence-corrected chi connectivity index (χ0v) is 9.31. The molecular formula is C11H12Cl2O. The summed E-state index contributed by atoms with van der Waals surface area (Å²) in [4.78, 5) is 0. The lowest BCUT2D eigenvalue weighted by Crippen LogP contribution is -2.25. The molecule has 3 heteroatoms. The molecule has 0 aromatic rings. The van der Waals surface area contributed by atoms with Crippen LogP contribution in [0.4, 0.5) is 0 Å². The summed E-state index contributed by atoms with van der Waals surface area (Å²) >= 11 is 13.0. The van der Waals surface area contributed by atoms with Gasteiger partial charge in [-0.05, 0) is 25.7 Å². The lowest BCUT2D eigenvalue weighted by Gasteiger charge is -2.27. The van der Waals surface area contributed by atoms with Gasteiger partial charge in [0.15, 0.2) is 0 Å². The minimum atomic E-state index is -0.486. The number of hydrogen-bond acceptors (Lipinski definition) is 1. The molecule has 2 saturated carbocycles. The Morgan fingerprint density at radius 3 is 2.00 bits per heavy atom. The fourth-order valence-corrected chi connectivity index (χ4v) is 5.24. The fraction of sp³-hybridized carbons (Fsp3) is 0.818. The van der Waals surface area contributed by atoms with E-state index in [1.807, 2.05) is 0 Å². The lowest BCUT2D eigenvalue weighted by atomic mass is 9.73. The van der Waals surface area contributed by atoms with E-state index in [4.69, 9.17) is 27.9 Å². The molecule has 0 N–H and O–H groups in total. The van der Waals surface area contributed by atoms with Crippen LogP contribution in [0.25, 0.3) is 0 Å². The molecule has 0 radical (unpaired) electrons. The Labute approximate surface area is 93.4 Å². The zero-order valence-electron chi connectivity index (χ0n) is 7.80. The molecule has 14 heavy (non-hydrogen) atoms. The van der Waals surface area contributed by atoms with Crippen LogP contribution in [0.5, 0.6) is 0 Å². The predicted octanol–water partition coefficient (Wildman–Crippen LogP) is 3.06. The number of rotatable bonds is 0. The normalized spacial score (nSPS) is 61.0. The largest absolute Gasteiger partial charge is 0.370 e. The summed E-state index contributed by atoms with van der Waals surface area (Å²) in [7, 11) is 0. The third-order valence-electron chi connectivity index (χ3n) is 4.94. The van der Waals surface area contributed by atoms with Crippen molar-refractivity contribution in [1.29, 1.82) is 0 Å². The molecule has 1 heterocycles. The molecule has 1 aliphatic heterocycles. The molecular weight excluding hydrogens is 219 g/mol. The smallest absolute Gasteiger partial charge is 0.131 e. The first-order valence-corrected chi connectivity index (χ1v) is 6.07. The Bertz CT molecular complexity index is 321. The van der Waals surface area contributed by atoms with Crippen molar-refractivity contribution in [1.82, 2.24) is 0 Å². The molecule has 1 nitrogen and oxygen atoms in total. The molecule has 4 aliphatic rings. The molecule has 0 aromatic heterocycles. The first-order valence-electron chi connectivity index (χ1n) is 5.31. The van der Waals surface area contributed by atoms with Crippen molar-refractivity contribution < 1.29 is 4.74 Å². The van der Waals surface area contributed by atoms with Crippen molar-refractivity contribution >= 4 is 23.2 Å². The van der Waals surface area contributed by atoms with Crippen LogP contribution >= 0.6 is 23.2 Å². The molecule has 0 aromatic carbocycles. The van der Waals surface area contributed by atoms with Crippen molar-refractivity contribution in [2.24, 2.45) is 10.8 Å². The van der Waals surface area contributed by atoms with Gasteiger partial charge in [0.25, 0.3) is 0 Å². The van der Waals surface area contributed by atoms with E-state index in [0.717, 1.165) is 25.7 Å².